The van der Waals surface area contributed by atoms with Gasteiger partial charge in [-0.15, -0.1) is 0 Å². The molecule has 4 rings (SSSR count). The normalized spacial score (nSPS) is 10.7. The summed E-state index contributed by atoms with van der Waals surface area (Å²) in [5, 5.41) is 0. The average molecular weight is 394 g/mol. The van der Waals surface area contributed by atoms with Gasteiger partial charge in [0.25, 0.3) is 0 Å². The zero-order chi connectivity index (χ0) is 21.1. The van der Waals surface area contributed by atoms with Gasteiger partial charge in [0.05, 0.1) is 5.69 Å². The highest BCUT2D eigenvalue weighted by Crippen LogP contribution is 2.39. The van der Waals surface area contributed by atoms with Gasteiger partial charge in [-0.2, -0.15) is 0 Å². The fraction of sp³-hybridized carbons (Fsp3) is 0.148. The Morgan fingerprint density at radius 1 is 0.533 bits per heavy atom. The third-order valence-electron chi connectivity index (χ3n) is 5.37. The zero-order valence-corrected chi connectivity index (χ0v) is 18.0. The van der Waals surface area contributed by atoms with E-state index in [1.54, 1.807) is 0 Å². The Morgan fingerprint density at radius 2 is 1.03 bits per heavy atom. The van der Waals surface area contributed by atoms with Crippen molar-refractivity contribution in [3.63, 3.8) is 0 Å². The molecule has 0 bridgehead atoms. The molecule has 0 saturated carbocycles. The van der Waals surface area contributed by atoms with Gasteiger partial charge in [0.1, 0.15) is 0 Å². The van der Waals surface area contributed by atoms with Gasteiger partial charge in [-0.25, -0.2) is 0 Å². The predicted molar refractivity (Wildman–Crippen MR) is 129 cm³/mol. The second kappa shape index (κ2) is 8.42. The van der Waals surface area contributed by atoms with Crippen LogP contribution in [0.4, 0.5) is 11.4 Å². The predicted octanol–water partition coefficient (Wildman–Crippen LogP) is 6.21. The summed E-state index contributed by atoms with van der Waals surface area (Å²) in [6, 6.07) is 30.0. The van der Waals surface area contributed by atoms with Crippen LogP contribution in [-0.4, -0.2) is 33.2 Å². The Bertz CT molecular complexity index is 1040. The molecule has 1 aromatic heterocycles. The molecule has 0 aliphatic carbocycles. The fourth-order valence-corrected chi connectivity index (χ4v) is 3.70. The first-order valence-electron chi connectivity index (χ1n) is 10.1. The highest BCUT2D eigenvalue weighted by molar-refractivity contribution is 5.93. The summed E-state index contributed by atoms with van der Waals surface area (Å²) < 4.78 is 0. The molecule has 4 aromatic rings. The summed E-state index contributed by atoms with van der Waals surface area (Å²) in [7, 11) is 8.25. The van der Waals surface area contributed by atoms with Crippen LogP contribution < -0.4 is 9.80 Å². The highest BCUT2D eigenvalue weighted by Gasteiger charge is 2.15. The van der Waals surface area contributed by atoms with Crippen LogP contribution in [0.2, 0.25) is 0 Å². The van der Waals surface area contributed by atoms with Crippen molar-refractivity contribution in [1.29, 1.82) is 0 Å². The lowest BCUT2D eigenvalue weighted by Gasteiger charge is -2.18. The van der Waals surface area contributed by atoms with E-state index in [0.717, 1.165) is 11.3 Å². The van der Waals surface area contributed by atoms with E-state index in [0.29, 0.717) is 0 Å². The molecule has 0 atom stereocenters. The molecule has 0 amide bonds. The van der Waals surface area contributed by atoms with E-state index in [9.17, 15) is 0 Å². The van der Waals surface area contributed by atoms with E-state index in [4.69, 9.17) is 4.98 Å². The minimum absolute atomic E-state index is 0.983. The summed E-state index contributed by atoms with van der Waals surface area (Å²) in [5.74, 6) is 0. The second-order valence-electron chi connectivity index (χ2n) is 7.83. The molecule has 150 valence electrons. The maximum atomic E-state index is 4.70. The SMILES string of the molecule is CN(C)c1ccc(-c2cccc(-c3ccc(N(C)C)cc3)c2-c2ccccn2)cc1. The summed E-state index contributed by atoms with van der Waals surface area (Å²) in [6.45, 7) is 0. The van der Waals surface area contributed by atoms with Crippen LogP contribution in [-0.2, 0) is 0 Å². The van der Waals surface area contributed by atoms with E-state index in [-0.39, 0.29) is 0 Å². The standard InChI is InChI=1S/C27H27N3/c1-29(2)22-15-11-20(12-16-22)24-8-7-9-25(27(24)26-10-5-6-19-28-26)21-13-17-23(18-14-21)30(3)4/h5-19H,1-4H3. The molecule has 1 heterocycles. The summed E-state index contributed by atoms with van der Waals surface area (Å²) >= 11 is 0. The maximum Gasteiger partial charge on any atom is 0.0714 e. The number of nitrogens with zero attached hydrogens (tertiary/aromatic N) is 3. The van der Waals surface area contributed by atoms with E-state index in [2.05, 4.69) is 111 Å². The van der Waals surface area contributed by atoms with Crippen molar-refractivity contribution in [2.75, 3.05) is 38.0 Å². The van der Waals surface area contributed by atoms with Crippen LogP contribution in [0.3, 0.4) is 0 Å². The van der Waals surface area contributed by atoms with Gasteiger partial charge in [-0.3, -0.25) is 4.98 Å². The first-order chi connectivity index (χ1) is 14.5. The van der Waals surface area contributed by atoms with Gasteiger partial charge in [0.2, 0.25) is 0 Å². The third kappa shape index (κ3) is 3.92. The molecular formula is C27H27N3. The van der Waals surface area contributed by atoms with Gasteiger partial charge in [0, 0.05) is 51.3 Å². The molecule has 0 N–H and O–H groups in total. The van der Waals surface area contributed by atoms with E-state index in [1.807, 2.05) is 18.3 Å². The first-order valence-corrected chi connectivity index (χ1v) is 10.1. The summed E-state index contributed by atoms with van der Waals surface area (Å²) in [5.41, 5.74) is 9.27. The number of benzene rings is 3. The minimum atomic E-state index is 0.983. The largest absolute Gasteiger partial charge is 0.378 e. The molecule has 0 unspecified atom stereocenters. The molecule has 0 radical (unpaired) electrons. The Balaban J connectivity index is 1.90. The lowest BCUT2D eigenvalue weighted by Crippen LogP contribution is -2.08. The van der Waals surface area contributed by atoms with Crippen LogP contribution in [0, 0.1) is 0 Å². The molecule has 0 aliphatic rings. The lowest BCUT2D eigenvalue weighted by molar-refractivity contribution is 1.13. The number of anilines is 2. The van der Waals surface area contributed by atoms with Crippen molar-refractivity contribution in [2.24, 2.45) is 0 Å². The molecule has 0 saturated heterocycles. The van der Waals surface area contributed by atoms with Crippen molar-refractivity contribution in [3.8, 4) is 33.5 Å². The van der Waals surface area contributed by atoms with Crippen molar-refractivity contribution in [3.05, 3.63) is 91.1 Å². The van der Waals surface area contributed by atoms with Crippen molar-refractivity contribution >= 4 is 11.4 Å². The molecule has 0 aliphatic heterocycles. The van der Waals surface area contributed by atoms with Crippen molar-refractivity contribution in [1.82, 2.24) is 4.98 Å². The molecule has 0 spiro atoms. The second-order valence-corrected chi connectivity index (χ2v) is 7.83. The monoisotopic (exact) mass is 393 g/mol. The number of pyridine rings is 1. The number of aromatic nitrogens is 1. The van der Waals surface area contributed by atoms with Gasteiger partial charge < -0.3 is 9.80 Å². The van der Waals surface area contributed by atoms with Crippen molar-refractivity contribution in [2.45, 2.75) is 0 Å². The topological polar surface area (TPSA) is 19.4 Å². The van der Waals surface area contributed by atoms with E-state index in [1.165, 1.54) is 33.6 Å². The van der Waals surface area contributed by atoms with E-state index < -0.39 is 0 Å². The number of hydrogen-bond donors (Lipinski definition) is 0. The number of hydrogen-bond acceptors (Lipinski definition) is 3. The van der Waals surface area contributed by atoms with Crippen LogP contribution in [0.25, 0.3) is 33.5 Å². The Morgan fingerprint density at radius 3 is 1.43 bits per heavy atom. The van der Waals surface area contributed by atoms with E-state index >= 15 is 0 Å². The Kier molecular flexibility index (Phi) is 5.53. The van der Waals surface area contributed by atoms with Gasteiger partial charge in [-0.05, 0) is 58.7 Å². The molecule has 0 fully saturated rings. The quantitative estimate of drug-likeness (QED) is 0.401. The van der Waals surface area contributed by atoms with Gasteiger partial charge in [-0.1, -0.05) is 48.5 Å². The van der Waals surface area contributed by atoms with Gasteiger partial charge >= 0.3 is 0 Å². The minimum Gasteiger partial charge on any atom is -0.378 e. The zero-order valence-electron chi connectivity index (χ0n) is 18.0. The molecular weight excluding hydrogens is 366 g/mol. The Hall–Kier alpha value is -3.59. The Labute approximate surface area is 179 Å². The van der Waals surface area contributed by atoms with Crippen LogP contribution in [0.15, 0.2) is 91.1 Å². The molecule has 3 nitrogen and oxygen atoms in total. The smallest absolute Gasteiger partial charge is 0.0714 e. The first kappa shape index (κ1) is 19.7. The third-order valence-corrected chi connectivity index (χ3v) is 5.37. The molecule has 3 aromatic carbocycles. The summed E-state index contributed by atoms with van der Waals surface area (Å²) in [4.78, 5) is 8.93. The van der Waals surface area contributed by atoms with Crippen LogP contribution >= 0.6 is 0 Å². The highest BCUT2D eigenvalue weighted by atomic mass is 15.1. The lowest BCUT2D eigenvalue weighted by atomic mass is 9.89. The fourth-order valence-electron chi connectivity index (χ4n) is 3.70. The van der Waals surface area contributed by atoms with Crippen molar-refractivity contribution < 1.29 is 0 Å². The van der Waals surface area contributed by atoms with Crippen LogP contribution in [0.5, 0.6) is 0 Å². The maximum absolute atomic E-state index is 4.70. The average Bonchev–Trinajstić information content (AvgIpc) is 2.79. The molecule has 30 heavy (non-hydrogen) atoms. The van der Waals surface area contributed by atoms with Gasteiger partial charge in [0.15, 0.2) is 0 Å². The van der Waals surface area contributed by atoms with Crippen LogP contribution in [0.1, 0.15) is 0 Å². The summed E-state index contributed by atoms with van der Waals surface area (Å²) in [6.07, 6.45) is 1.86. The molecule has 3 heteroatoms. The number of rotatable bonds is 5.